The van der Waals surface area contributed by atoms with Crippen molar-refractivity contribution in [2.45, 2.75) is 64.1 Å². The zero-order valence-electron chi connectivity index (χ0n) is 21.4. The molecule has 0 aliphatic heterocycles. The van der Waals surface area contributed by atoms with Gasteiger partial charge in [-0.2, -0.15) is 23.1 Å². The van der Waals surface area contributed by atoms with Gasteiger partial charge in [-0.05, 0) is 42.1 Å². The lowest BCUT2D eigenvalue weighted by atomic mass is 10.1. The van der Waals surface area contributed by atoms with Crippen LogP contribution < -0.4 is 4.74 Å². The van der Waals surface area contributed by atoms with Crippen LogP contribution >= 0.6 is 11.6 Å². The third-order valence-electron chi connectivity index (χ3n) is 6.33. The standard InChI is InChI=1S/C26H29ClF3N5O2Si/c1-38(2,3)13-12-36-16-34-11-10-20-23(34)32-25(27)33-24(20)37-15-17-4-6-18(7-5-17)22-31-21(26(28,29)30)14-35(22)19-8-9-19/h4-7,10-11,14,19H,8-9,12-13,15-16H2,1-3H3. The van der Waals surface area contributed by atoms with E-state index < -0.39 is 19.9 Å². The van der Waals surface area contributed by atoms with Crippen molar-refractivity contribution in [3.05, 3.63) is 59.3 Å². The van der Waals surface area contributed by atoms with E-state index >= 15 is 0 Å². The highest BCUT2D eigenvalue weighted by molar-refractivity contribution is 6.76. The predicted octanol–water partition coefficient (Wildman–Crippen LogP) is 7.19. The second kappa shape index (κ2) is 10.3. The average molecular weight is 564 g/mol. The van der Waals surface area contributed by atoms with Gasteiger partial charge in [0.05, 0.1) is 5.39 Å². The van der Waals surface area contributed by atoms with E-state index in [9.17, 15) is 13.2 Å². The molecule has 0 amide bonds. The molecule has 0 bridgehead atoms. The number of hydrogen-bond donors (Lipinski definition) is 0. The Balaban J connectivity index is 1.28. The molecule has 1 saturated carbocycles. The molecule has 1 aliphatic rings. The first-order valence-corrected chi connectivity index (χ1v) is 16.5. The molecule has 7 nitrogen and oxygen atoms in total. The molecule has 1 fully saturated rings. The summed E-state index contributed by atoms with van der Waals surface area (Å²) in [6.07, 6.45) is 0.205. The highest BCUT2D eigenvalue weighted by Gasteiger charge is 2.37. The van der Waals surface area contributed by atoms with Crippen LogP contribution in [0.1, 0.15) is 30.1 Å². The third kappa shape index (κ3) is 6.21. The Bertz CT molecular complexity index is 1430. The second-order valence-electron chi connectivity index (χ2n) is 10.7. The fraction of sp³-hybridized carbons (Fsp3) is 0.423. The maximum absolute atomic E-state index is 13.2. The second-order valence-corrected chi connectivity index (χ2v) is 16.7. The summed E-state index contributed by atoms with van der Waals surface area (Å²) in [6.45, 7) is 8.15. The summed E-state index contributed by atoms with van der Waals surface area (Å²) >= 11 is 6.18. The number of rotatable bonds is 10. The van der Waals surface area contributed by atoms with Crippen molar-refractivity contribution >= 4 is 30.7 Å². The molecule has 0 saturated heterocycles. The van der Waals surface area contributed by atoms with Crippen LogP contribution in [0.3, 0.4) is 0 Å². The molecule has 0 N–H and O–H groups in total. The van der Waals surface area contributed by atoms with E-state index in [1.54, 1.807) is 16.7 Å². The first-order chi connectivity index (χ1) is 18.0. The van der Waals surface area contributed by atoms with Gasteiger partial charge in [-0.25, -0.2) is 4.98 Å². The highest BCUT2D eigenvalue weighted by Crippen LogP contribution is 2.41. The van der Waals surface area contributed by atoms with E-state index in [-0.39, 0.29) is 17.9 Å². The van der Waals surface area contributed by atoms with Crippen molar-refractivity contribution in [2.75, 3.05) is 6.61 Å². The van der Waals surface area contributed by atoms with Crippen molar-refractivity contribution in [1.82, 2.24) is 24.1 Å². The quantitative estimate of drug-likeness (QED) is 0.116. The molecule has 38 heavy (non-hydrogen) atoms. The van der Waals surface area contributed by atoms with E-state index in [0.29, 0.717) is 41.6 Å². The molecular weight excluding hydrogens is 535 g/mol. The Kier molecular flexibility index (Phi) is 7.27. The van der Waals surface area contributed by atoms with Gasteiger partial charge >= 0.3 is 6.18 Å². The van der Waals surface area contributed by atoms with Crippen LogP contribution in [-0.4, -0.2) is 38.8 Å². The van der Waals surface area contributed by atoms with Gasteiger partial charge in [0.25, 0.3) is 0 Å². The first kappa shape index (κ1) is 26.7. The molecule has 0 unspecified atom stereocenters. The van der Waals surface area contributed by atoms with Gasteiger partial charge in [-0.15, -0.1) is 0 Å². The van der Waals surface area contributed by atoms with Crippen LogP contribution in [0.4, 0.5) is 13.2 Å². The van der Waals surface area contributed by atoms with E-state index in [1.165, 1.54) is 0 Å². The normalized spacial score (nSPS) is 14.4. The van der Waals surface area contributed by atoms with Crippen LogP contribution in [0.2, 0.25) is 31.0 Å². The Hall–Kier alpha value is -2.89. The summed E-state index contributed by atoms with van der Waals surface area (Å²) in [6, 6.07) is 10.1. The maximum Gasteiger partial charge on any atom is 0.434 e. The number of halogens is 4. The minimum atomic E-state index is -4.48. The number of ether oxygens (including phenoxy) is 2. The number of fused-ring (bicyclic) bond motifs is 1. The minimum Gasteiger partial charge on any atom is -0.472 e. The lowest BCUT2D eigenvalue weighted by molar-refractivity contribution is -0.140. The monoisotopic (exact) mass is 563 g/mol. The van der Waals surface area contributed by atoms with Crippen LogP contribution in [0.5, 0.6) is 5.88 Å². The SMILES string of the molecule is C[Si](C)(C)CCOCn1ccc2c(OCc3ccc(-c4nc(C(F)(F)F)cn4C4CC4)cc3)nc(Cl)nc21. The van der Waals surface area contributed by atoms with E-state index in [2.05, 4.69) is 34.6 Å². The summed E-state index contributed by atoms with van der Waals surface area (Å²) in [4.78, 5) is 12.5. The largest absolute Gasteiger partial charge is 0.472 e. The Morgan fingerprint density at radius 3 is 2.45 bits per heavy atom. The van der Waals surface area contributed by atoms with Gasteiger partial charge < -0.3 is 18.6 Å². The smallest absolute Gasteiger partial charge is 0.434 e. The number of alkyl halides is 3. The Morgan fingerprint density at radius 1 is 1.05 bits per heavy atom. The van der Waals surface area contributed by atoms with Gasteiger partial charge in [0.2, 0.25) is 11.2 Å². The number of benzene rings is 1. The maximum atomic E-state index is 13.2. The minimum absolute atomic E-state index is 0.0669. The molecule has 202 valence electrons. The third-order valence-corrected chi connectivity index (χ3v) is 8.21. The molecule has 5 rings (SSSR count). The molecule has 0 spiro atoms. The van der Waals surface area contributed by atoms with Crippen molar-refractivity contribution in [2.24, 2.45) is 0 Å². The van der Waals surface area contributed by atoms with Crippen LogP contribution in [0, 0.1) is 0 Å². The number of aromatic nitrogens is 5. The zero-order chi connectivity index (χ0) is 27.1. The number of imidazole rings is 1. The summed E-state index contributed by atoms with van der Waals surface area (Å²) in [7, 11) is -1.18. The average Bonchev–Trinajstić information content (AvgIpc) is 3.45. The molecule has 3 aromatic heterocycles. The summed E-state index contributed by atoms with van der Waals surface area (Å²) in [5.41, 5.74) is 1.20. The van der Waals surface area contributed by atoms with Gasteiger partial charge in [-0.1, -0.05) is 43.9 Å². The van der Waals surface area contributed by atoms with Crippen LogP contribution in [0.15, 0.2) is 42.7 Å². The fourth-order valence-corrected chi connectivity index (χ4v) is 4.96. The number of nitrogens with zero attached hydrogens (tertiary/aromatic N) is 5. The van der Waals surface area contributed by atoms with E-state index in [4.69, 9.17) is 21.1 Å². The van der Waals surface area contributed by atoms with Gasteiger partial charge in [0.1, 0.15) is 19.2 Å². The molecule has 12 heteroatoms. The fourth-order valence-electron chi connectivity index (χ4n) is 4.04. The first-order valence-electron chi connectivity index (χ1n) is 12.5. The van der Waals surface area contributed by atoms with Crippen molar-refractivity contribution in [1.29, 1.82) is 0 Å². The van der Waals surface area contributed by atoms with Gasteiger partial charge in [-0.3, -0.25) is 0 Å². The van der Waals surface area contributed by atoms with Crippen LogP contribution in [-0.2, 0) is 24.3 Å². The Labute approximate surface area is 224 Å². The lowest BCUT2D eigenvalue weighted by Crippen LogP contribution is -2.22. The molecule has 3 heterocycles. The zero-order valence-corrected chi connectivity index (χ0v) is 23.2. The van der Waals surface area contributed by atoms with Crippen molar-refractivity contribution < 1.29 is 22.6 Å². The Morgan fingerprint density at radius 2 is 1.79 bits per heavy atom. The van der Waals surface area contributed by atoms with Crippen molar-refractivity contribution in [3.8, 4) is 17.3 Å². The van der Waals surface area contributed by atoms with Crippen molar-refractivity contribution in [3.63, 3.8) is 0 Å². The molecule has 1 aliphatic carbocycles. The molecule has 4 aromatic rings. The molecular formula is C26H29ClF3N5O2Si. The molecule has 0 atom stereocenters. The topological polar surface area (TPSA) is 67.0 Å². The summed E-state index contributed by atoms with van der Waals surface area (Å²) in [5, 5.41) is 0.781. The molecule has 0 radical (unpaired) electrons. The summed E-state index contributed by atoms with van der Waals surface area (Å²) in [5.74, 6) is 0.675. The number of hydrogen-bond acceptors (Lipinski definition) is 5. The van der Waals surface area contributed by atoms with Gasteiger partial charge in [0.15, 0.2) is 11.3 Å². The lowest BCUT2D eigenvalue weighted by Gasteiger charge is -2.15. The molecule has 1 aromatic carbocycles. The van der Waals surface area contributed by atoms with E-state index in [1.807, 2.05) is 29.0 Å². The van der Waals surface area contributed by atoms with Gasteiger partial charge in [0, 0.05) is 38.7 Å². The van der Waals surface area contributed by atoms with E-state index in [0.717, 1.165) is 30.6 Å². The predicted molar refractivity (Wildman–Crippen MR) is 142 cm³/mol. The summed E-state index contributed by atoms with van der Waals surface area (Å²) < 4.78 is 55.1. The highest BCUT2D eigenvalue weighted by atomic mass is 35.5. The van der Waals surface area contributed by atoms with Crippen LogP contribution in [0.25, 0.3) is 22.4 Å².